The highest BCUT2D eigenvalue weighted by atomic mass is 32.1. The fourth-order valence-corrected chi connectivity index (χ4v) is 4.93. The number of thiazole rings is 1. The largest absolute Gasteiger partial charge is 0.396 e. The number of para-hydroxylation sites is 1. The van der Waals surface area contributed by atoms with Crippen molar-refractivity contribution >= 4 is 27.5 Å². The number of hydrogen-bond acceptors (Lipinski definition) is 4. The third kappa shape index (κ3) is 3.07. The molecule has 1 heterocycles. The summed E-state index contributed by atoms with van der Waals surface area (Å²) in [4.78, 5) is 17.6. The number of aliphatic hydroxyl groups is 1. The van der Waals surface area contributed by atoms with Crippen LogP contribution in [0.25, 0.3) is 10.2 Å². The van der Waals surface area contributed by atoms with Gasteiger partial charge in [0.25, 0.3) is 0 Å². The SMILES string of the molecule is O=C(NCC1(CO)CC1)[C@@H]1CCCC[C@@H]1c1nc2ccccc2s1. The molecule has 1 amide bonds. The lowest BCUT2D eigenvalue weighted by Gasteiger charge is -2.29. The number of aromatic nitrogens is 1. The Morgan fingerprint density at radius 1 is 1.29 bits per heavy atom. The molecule has 24 heavy (non-hydrogen) atoms. The Hall–Kier alpha value is -1.46. The lowest BCUT2D eigenvalue weighted by molar-refractivity contribution is -0.126. The summed E-state index contributed by atoms with van der Waals surface area (Å²) in [6.45, 7) is 0.796. The molecule has 2 N–H and O–H groups in total. The van der Waals surface area contributed by atoms with E-state index in [4.69, 9.17) is 4.98 Å². The van der Waals surface area contributed by atoms with Gasteiger partial charge in [-0.15, -0.1) is 11.3 Å². The number of fused-ring (bicyclic) bond motifs is 1. The van der Waals surface area contributed by atoms with E-state index in [2.05, 4.69) is 11.4 Å². The van der Waals surface area contributed by atoms with Crippen molar-refractivity contribution in [3.05, 3.63) is 29.3 Å². The molecule has 4 rings (SSSR count). The van der Waals surface area contributed by atoms with E-state index in [0.29, 0.717) is 6.54 Å². The molecule has 4 nitrogen and oxygen atoms in total. The van der Waals surface area contributed by atoms with Crippen LogP contribution in [0.1, 0.15) is 49.5 Å². The van der Waals surface area contributed by atoms with Gasteiger partial charge in [0.1, 0.15) is 0 Å². The van der Waals surface area contributed by atoms with E-state index in [1.165, 1.54) is 11.1 Å². The summed E-state index contributed by atoms with van der Waals surface area (Å²) in [5.41, 5.74) is 1.01. The number of aliphatic hydroxyl groups excluding tert-OH is 1. The molecule has 0 unspecified atom stereocenters. The molecule has 5 heteroatoms. The number of amides is 1. The quantitative estimate of drug-likeness (QED) is 0.873. The fraction of sp³-hybridized carbons (Fsp3) is 0.579. The van der Waals surface area contributed by atoms with Crippen molar-refractivity contribution in [2.75, 3.05) is 13.2 Å². The highest BCUT2D eigenvalue weighted by molar-refractivity contribution is 7.18. The second-order valence-electron chi connectivity index (χ2n) is 7.39. The molecule has 2 atom stereocenters. The summed E-state index contributed by atoms with van der Waals surface area (Å²) in [5.74, 6) is 0.410. The molecular weight excluding hydrogens is 320 g/mol. The summed E-state index contributed by atoms with van der Waals surface area (Å²) in [5, 5.41) is 13.7. The Kier molecular flexibility index (Phi) is 4.31. The Labute approximate surface area is 146 Å². The third-order valence-electron chi connectivity index (χ3n) is 5.66. The van der Waals surface area contributed by atoms with E-state index in [1.54, 1.807) is 11.3 Å². The first-order valence-corrected chi connectivity index (χ1v) is 9.76. The summed E-state index contributed by atoms with van der Waals surface area (Å²) in [7, 11) is 0. The zero-order chi connectivity index (χ0) is 16.6. The van der Waals surface area contributed by atoms with Crippen molar-refractivity contribution in [2.45, 2.75) is 44.4 Å². The summed E-state index contributed by atoms with van der Waals surface area (Å²) >= 11 is 1.73. The van der Waals surface area contributed by atoms with Gasteiger partial charge >= 0.3 is 0 Å². The summed E-state index contributed by atoms with van der Waals surface area (Å²) in [6, 6.07) is 8.21. The van der Waals surface area contributed by atoms with E-state index < -0.39 is 0 Å². The van der Waals surface area contributed by atoms with Crippen molar-refractivity contribution < 1.29 is 9.90 Å². The zero-order valence-corrected chi connectivity index (χ0v) is 14.6. The molecule has 0 saturated heterocycles. The topological polar surface area (TPSA) is 62.2 Å². The molecule has 2 aliphatic carbocycles. The van der Waals surface area contributed by atoms with Crippen LogP contribution in [-0.4, -0.2) is 29.1 Å². The molecule has 0 aliphatic heterocycles. The number of benzene rings is 1. The van der Waals surface area contributed by atoms with Crippen molar-refractivity contribution in [3.63, 3.8) is 0 Å². The van der Waals surface area contributed by atoms with Crippen LogP contribution < -0.4 is 5.32 Å². The van der Waals surface area contributed by atoms with Gasteiger partial charge < -0.3 is 10.4 Å². The Morgan fingerprint density at radius 3 is 2.83 bits per heavy atom. The van der Waals surface area contributed by atoms with Crippen LogP contribution in [0.3, 0.4) is 0 Å². The van der Waals surface area contributed by atoms with Gasteiger partial charge in [-0.2, -0.15) is 0 Å². The molecule has 128 valence electrons. The summed E-state index contributed by atoms with van der Waals surface area (Å²) in [6.07, 6.45) is 6.32. The average molecular weight is 344 g/mol. The highest BCUT2D eigenvalue weighted by Crippen LogP contribution is 2.45. The third-order valence-corrected chi connectivity index (χ3v) is 6.83. The maximum atomic E-state index is 12.8. The van der Waals surface area contributed by atoms with E-state index in [9.17, 15) is 9.90 Å². The van der Waals surface area contributed by atoms with E-state index in [0.717, 1.165) is 42.6 Å². The molecule has 1 aromatic carbocycles. The maximum absolute atomic E-state index is 12.8. The average Bonchev–Trinajstić information content (AvgIpc) is 3.29. The second kappa shape index (κ2) is 6.45. The van der Waals surface area contributed by atoms with Crippen LogP contribution in [0, 0.1) is 11.3 Å². The lowest BCUT2D eigenvalue weighted by atomic mass is 9.79. The molecule has 0 radical (unpaired) electrons. The van der Waals surface area contributed by atoms with Gasteiger partial charge in [0, 0.05) is 23.8 Å². The Balaban J connectivity index is 1.50. The number of carbonyl (C=O) groups is 1. The molecule has 2 saturated carbocycles. The molecule has 2 aromatic rings. The van der Waals surface area contributed by atoms with Gasteiger partial charge in [0.2, 0.25) is 5.91 Å². The first kappa shape index (κ1) is 16.0. The van der Waals surface area contributed by atoms with Crippen molar-refractivity contribution in [1.29, 1.82) is 0 Å². The first-order chi connectivity index (χ1) is 11.7. The summed E-state index contributed by atoms with van der Waals surface area (Å²) < 4.78 is 1.20. The number of rotatable bonds is 5. The van der Waals surface area contributed by atoms with Crippen LogP contribution in [-0.2, 0) is 4.79 Å². The minimum absolute atomic E-state index is 0.0220. The van der Waals surface area contributed by atoms with Crippen LogP contribution in [0.5, 0.6) is 0 Å². The van der Waals surface area contributed by atoms with Crippen molar-refractivity contribution in [3.8, 4) is 0 Å². The van der Waals surface area contributed by atoms with Crippen LogP contribution in [0.15, 0.2) is 24.3 Å². The maximum Gasteiger partial charge on any atom is 0.223 e. The van der Waals surface area contributed by atoms with E-state index >= 15 is 0 Å². The highest BCUT2D eigenvalue weighted by Gasteiger charge is 2.43. The Bertz CT molecular complexity index is 705. The molecule has 0 bridgehead atoms. The van der Waals surface area contributed by atoms with Crippen LogP contribution in [0.2, 0.25) is 0 Å². The molecular formula is C19H24N2O2S. The Morgan fingerprint density at radius 2 is 2.08 bits per heavy atom. The fourth-order valence-electron chi connectivity index (χ4n) is 3.76. The molecule has 2 fully saturated rings. The monoisotopic (exact) mass is 344 g/mol. The predicted molar refractivity (Wildman–Crippen MR) is 96.1 cm³/mol. The first-order valence-electron chi connectivity index (χ1n) is 8.95. The smallest absolute Gasteiger partial charge is 0.223 e. The van der Waals surface area contributed by atoms with Crippen molar-refractivity contribution in [1.82, 2.24) is 10.3 Å². The lowest BCUT2D eigenvalue weighted by Crippen LogP contribution is -2.39. The molecule has 0 spiro atoms. The minimum atomic E-state index is -0.0321. The van der Waals surface area contributed by atoms with Gasteiger partial charge in [-0.25, -0.2) is 4.98 Å². The standard InChI is InChI=1S/C19H24N2O2S/c22-12-19(9-10-19)11-20-17(23)13-5-1-2-6-14(13)18-21-15-7-3-4-8-16(15)24-18/h3-4,7-8,13-14,22H,1-2,5-6,9-12H2,(H,20,23)/t13-,14+/m1/s1. The van der Waals surface area contributed by atoms with Crippen LogP contribution >= 0.6 is 11.3 Å². The van der Waals surface area contributed by atoms with Crippen LogP contribution in [0.4, 0.5) is 0 Å². The zero-order valence-electron chi connectivity index (χ0n) is 13.8. The minimum Gasteiger partial charge on any atom is -0.396 e. The van der Waals surface area contributed by atoms with Gasteiger partial charge in [-0.05, 0) is 37.8 Å². The van der Waals surface area contributed by atoms with Gasteiger partial charge in [0.15, 0.2) is 0 Å². The van der Waals surface area contributed by atoms with Gasteiger partial charge in [0.05, 0.1) is 21.8 Å². The van der Waals surface area contributed by atoms with E-state index in [1.807, 2.05) is 18.2 Å². The number of nitrogens with zero attached hydrogens (tertiary/aromatic N) is 1. The van der Waals surface area contributed by atoms with Gasteiger partial charge in [-0.3, -0.25) is 4.79 Å². The molecule has 1 aromatic heterocycles. The normalized spacial score (nSPS) is 25.5. The predicted octanol–water partition coefficient (Wildman–Crippen LogP) is 3.46. The van der Waals surface area contributed by atoms with Gasteiger partial charge in [-0.1, -0.05) is 25.0 Å². The number of hydrogen-bond donors (Lipinski definition) is 2. The number of carbonyl (C=O) groups excluding carboxylic acids is 1. The molecule has 2 aliphatic rings. The van der Waals surface area contributed by atoms with Crippen molar-refractivity contribution in [2.24, 2.45) is 11.3 Å². The van der Waals surface area contributed by atoms with E-state index in [-0.39, 0.29) is 29.8 Å². The second-order valence-corrected chi connectivity index (χ2v) is 8.46. The number of nitrogens with one attached hydrogen (secondary N) is 1.